The quantitative estimate of drug-likeness (QED) is 0.852. The predicted octanol–water partition coefficient (Wildman–Crippen LogP) is 1.31. The van der Waals surface area contributed by atoms with Crippen LogP contribution >= 0.6 is 0 Å². The number of methoxy groups -OCH3 is 1. The molecule has 7 nitrogen and oxygen atoms in total. The monoisotopic (exact) mass is 362 g/mol. The first-order chi connectivity index (χ1) is 10.7. The summed E-state index contributed by atoms with van der Waals surface area (Å²) in [5, 5.41) is 0. The van der Waals surface area contributed by atoms with Crippen molar-refractivity contribution in [2.24, 2.45) is 0 Å². The molecular weight excluding hydrogens is 340 g/mol. The molecule has 1 heterocycles. The Morgan fingerprint density at radius 1 is 1.26 bits per heavy atom. The molecule has 0 aromatic heterocycles. The highest BCUT2D eigenvalue weighted by Crippen LogP contribution is 2.31. The van der Waals surface area contributed by atoms with E-state index in [4.69, 9.17) is 4.74 Å². The van der Waals surface area contributed by atoms with Crippen molar-refractivity contribution >= 4 is 25.7 Å². The second-order valence-corrected chi connectivity index (χ2v) is 9.40. The average molecular weight is 362 g/mol. The number of nitrogens with zero attached hydrogens (tertiary/aromatic N) is 1. The highest BCUT2D eigenvalue weighted by atomic mass is 32.2. The van der Waals surface area contributed by atoms with Gasteiger partial charge in [0.2, 0.25) is 20.0 Å². The van der Waals surface area contributed by atoms with Crippen molar-refractivity contribution in [2.45, 2.75) is 37.6 Å². The Labute approximate surface area is 137 Å². The van der Waals surface area contributed by atoms with Gasteiger partial charge in [-0.15, -0.1) is 0 Å². The van der Waals surface area contributed by atoms with Crippen LogP contribution in [0.1, 0.15) is 26.7 Å². The van der Waals surface area contributed by atoms with Gasteiger partial charge in [-0.1, -0.05) is 0 Å². The van der Waals surface area contributed by atoms with Gasteiger partial charge in [-0.05, 0) is 44.9 Å². The molecule has 0 atom stereocenters. The maximum Gasteiger partial charge on any atom is 0.244 e. The van der Waals surface area contributed by atoms with Crippen molar-refractivity contribution in [3.63, 3.8) is 0 Å². The number of anilines is 1. The van der Waals surface area contributed by atoms with E-state index in [2.05, 4.69) is 4.72 Å². The largest absolute Gasteiger partial charge is 0.495 e. The van der Waals surface area contributed by atoms with Crippen LogP contribution in [0, 0.1) is 0 Å². The number of hydrogen-bond donors (Lipinski definition) is 1. The Hall–Kier alpha value is -1.32. The van der Waals surface area contributed by atoms with Crippen LogP contribution in [0.2, 0.25) is 0 Å². The third-order valence-corrected chi connectivity index (χ3v) is 7.01. The van der Waals surface area contributed by atoms with Gasteiger partial charge in [-0.25, -0.2) is 21.6 Å². The van der Waals surface area contributed by atoms with Crippen LogP contribution in [0.5, 0.6) is 5.75 Å². The van der Waals surface area contributed by atoms with Crippen molar-refractivity contribution in [3.8, 4) is 5.75 Å². The summed E-state index contributed by atoms with van der Waals surface area (Å²) in [6, 6.07) is 4.11. The fraction of sp³-hybridized carbons (Fsp3) is 0.571. The number of ether oxygens (including phenoxy) is 1. The number of sulfonamides is 2. The van der Waals surface area contributed by atoms with Crippen LogP contribution in [-0.2, 0) is 20.0 Å². The van der Waals surface area contributed by atoms with Gasteiger partial charge in [0.1, 0.15) is 10.6 Å². The van der Waals surface area contributed by atoms with E-state index in [0.29, 0.717) is 18.7 Å². The molecule has 0 radical (unpaired) electrons. The van der Waals surface area contributed by atoms with Gasteiger partial charge in [0.05, 0.1) is 18.6 Å². The van der Waals surface area contributed by atoms with Crippen molar-refractivity contribution in [3.05, 3.63) is 18.2 Å². The first-order valence-corrected chi connectivity index (χ1v) is 10.5. The minimum absolute atomic E-state index is 0.0630. The molecule has 0 bridgehead atoms. The van der Waals surface area contributed by atoms with Crippen LogP contribution in [0.15, 0.2) is 23.1 Å². The van der Waals surface area contributed by atoms with E-state index in [1.165, 1.54) is 23.5 Å². The van der Waals surface area contributed by atoms with Crippen LogP contribution in [0.4, 0.5) is 5.69 Å². The molecule has 1 fully saturated rings. The Bertz CT molecular complexity index is 772. The maximum atomic E-state index is 12.5. The minimum atomic E-state index is -3.80. The zero-order valence-electron chi connectivity index (χ0n) is 13.4. The Kier molecular flexibility index (Phi) is 5.22. The molecule has 1 aromatic rings. The van der Waals surface area contributed by atoms with E-state index in [1.807, 2.05) is 0 Å². The van der Waals surface area contributed by atoms with Crippen molar-refractivity contribution in [1.82, 2.24) is 4.72 Å². The second-order valence-electron chi connectivity index (χ2n) is 5.71. The van der Waals surface area contributed by atoms with Gasteiger partial charge >= 0.3 is 0 Å². The lowest BCUT2D eigenvalue weighted by molar-refractivity contribution is 0.402. The second kappa shape index (κ2) is 6.66. The Morgan fingerprint density at radius 3 is 2.52 bits per heavy atom. The molecule has 23 heavy (non-hydrogen) atoms. The molecule has 2 rings (SSSR count). The van der Waals surface area contributed by atoms with Gasteiger partial charge in [-0.3, -0.25) is 4.31 Å². The Balaban J connectivity index is 2.51. The first-order valence-electron chi connectivity index (χ1n) is 7.38. The van der Waals surface area contributed by atoms with Crippen LogP contribution in [-0.4, -0.2) is 42.3 Å². The van der Waals surface area contributed by atoms with E-state index >= 15 is 0 Å². The summed E-state index contributed by atoms with van der Waals surface area (Å²) < 4.78 is 58.2. The summed E-state index contributed by atoms with van der Waals surface area (Å²) >= 11 is 0. The summed E-state index contributed by atoms with van der Waals surface area (Å²) in [7, 11) is -5.83. The number of rotatable bonds is 5. The molecule has 0 unspecified atom stereocenters. The molecule has 1 aliphatic rings. The normalized spacial score (nSPS) is 18.2. The molecular formula is C14H22N2O5S2. The lowest BCUT2D eigenvalue weighted by atomic mass is 10.2. The molecule has 9 heteroatoms. The third-order valence-electron chi connectivity index (χ3n) is 3.46. The maximum absolute atomic E-state index is 12.5. The van der Waals surface area contributed by atoms with E-state index in [9.17, 15) is 16.8 Å². The molecule has 1 aromatic carbocycles. The molecule has 0 aliphatic carbocycles. The van der Waals surface area contributed by atoms with Crippen molar-refractivity contribution in [1.29, 1.82) is 0 Å². The van der Waals surface area contributed by atoms with Gasteiger partial charge in [0.15, 0.2) is 0 Å². The van der Waals surface area contributed by atoms with Crippen LogP contribution < -0.4 is 13.8 Å². The van der Waals surface area contributed by atoms with E-state index in [1.54, 1.807) is 19.9 Å². The fourth-order valence-electron chi connectivity index (χ4n) is 2.48. The topological polar surface area (TPSA) is 92.8 Å². The van der Waals surface area contributed by atoms with Gasteiger partial charge in [0.25, 0.3) is 0 Å². The lowest BCUT2D eigenvalue weighted by Gasteiger charge is -2.28. The van der Waals surface area contributed by atoms with E-state index in [-0.39, 0.29) is 22.4 Å². The molecule has 1 N–H and O–H groups in total. The van der Waals surface area contributed by atoms with Crippen molar-refractivity contribution in [2.75, 3.05) is 23.7 Å². The number of nitrogens with one attached hydrogen (secondary N) is 1. The smallest absolute Gasteiger partial charge is 0.244 e. The van der Waals surface area contributed by atoms with Gasteiger partial charge in [-0.2, -0.15) is 0 Å². The first kappa shape index (κ1) is 18.0. The summed E-state index contributed by atoms with van der Waals surface area (Å²) in [5.74, 6) is 0.252. The fourth-order valence-corrected chi connectivity index (χ4v) is 5.55. The molecule has 0 saturated carbocycles. The van der Waals surface area contributed by atoms with Gasteiger partial charge in [0, 0.05) is 12.6 Å². The zero-order chi connectivity index (χ0) is 17.3. The van der Waals surface area contributed by atoms with E-state index < -0.39 is 20.0 Å². The SMILES string of the molecule is COc1ccc(N2CCCCS2(=O)=O)cc1S(=O)(=O)NC(C)C. The van der Waals surface area contributed by atoms with Gasteiger partial charge < -0.3 is 4.74 Å². The Morgan fingerprint density at radius 2 is 1.96 bits per heavy atom. The predicted molar refractivity (Wildman–Crippen MR) is 88.8 cm³/mol. The number of benzene rings is 1. The van der Waals surface area contributed by atoms with Crippen LogP contribution in [0.25, 0.3) is 0 Å². The number of hydrogen-bond acceptors (Lipinski definition) is 5. The molecule has 130 valence electrons. The zero-order valence-corrected chi connectivity index (χ0v) is 15.1. The standard InChI is InChI=1S/C14H22N2O5S2/c1-11(2)15-23(19,20)14-10-12(6-7-13(14)21-3)16-8-4-5-9-22(16,17)18/h6-7,10-11,15H,4-5,8-9H2,1-3H3. The average Bonchev–Trinajstić information content (AvgIpc) is 2.45. The highest BCUT2D eigenvalue weighted by molar-refractivity contribution is 7.92. The molecule has 0 spiro atoms. The summed E-state index contributed by atoms with van der Waals surface area (Å²) in [6.07, 6.45) is 1.37. The highest BCUT2D eigenvalue weighted by Gasteiger charge is 2.28. The molecule has 1 saturated heterocycles. The van der Waals surface area contributed by atoms with Crippen LogP contribution in [0.3, 0.4) is 0 Å². The third kappa shape index (κ3) is 3.96. The summed E-state index contributed by atoms with van der Waals surface area (Å²) in [6.45, 7) is 3.78. The lowest BCUT2D eigenvalue weighted by Crippen LogP contribution is -2.38. The summed E-state index contributed by atoms with van der Waals surface area (Å²) in [5.41, 5.74) is 0.342. The molecule has 0 amide bonds. The summed E-state index contributed by atoms with van der Waals surface area (Å²) in [4.78, 5) is -0.0630. The minimum Gasteiger partial charge on any atom is -0.495 e. The van der Waals surface area contributed by atoms with Crippen molar-refractivity contribution < 1.29 is 21.6 Å². The molecule has 1 aliphatic heterocycles. The van der Waals surface area contributed by atoms with E-state index in [0.717, 1.165) is 6.42 Å².